The number of nitrogens with one attached hydrogen (secondary N) is 2. The second-order valence-corrected chi connectivity index (χ2v) is 5.15. The van der Waals surface area contributed by atoms with Gasteiger partial charge in [-0.1, -0.05) is 15.9 Å². The van der Waals surface area contributed by atoms with Gasteiger partial charge in [0.15, 0.2) is 0 Å². The Kier molecular flexibility index (Phi) is 5.18. The Balaban J connectivity index is 1.94. The lowest BCUT2D eigenvalue weighted by molar-refractivity contribution is -0.134. The van der Waals surface area contributed by atoms with Crippen LogP contribution in [0.2, 0.25) is 0 Å². The first-order chi connectivity index (χ1) is 9.20. The molecule has 104 valence electrons. The van der Waals surface area contributed by atoms with Gasteiger partial charge in [-0.2, -0.15) is 0 Å². The Morgan fingerprint density at radius 2 is 2.47 bits per heavy atom. The molecule has 2 N–H and O–H groups in total. The molecule has 1 amide bonds. The van der Waals surface area contributed by atoms with Crippen molar-refractivity contribution in [2.75, 3.05) is 26.8 Å². The van der Waals surface area contributed by atoms with E-state index in [0.717, 1.165) is 22.3 Å². The van der Waals surface area contributed by atoms with Gasteiger partial charge in [0, 0.05) is 29.7 Å². The number of rotatable bonds is 4. The lowest BCUT2D eigenvalue weighted by atomic mass is 10.2. The van der Waals surface area contributed by atoms with Gasteiger partial charge in [-0.05, 0) is 18.2 Å². The molecule has 1 unspecified atom stereocenters. The molecule has 1 aliphatic heterocycles. The maximum atomic E-state index is 11.9. The largest absolute Gasteiger partial charge is 0.496 e. The zero-order valence-electron chi connectivity index (χ0n) is 10.7. The normalized spacial score (nSPS) is 18.9. The average Bonchev–Trinajstić information content (AvgIpc) is 2.46. The fourth-order valence-electron chi connectivity index (χ4n) is 1.92. The molecule has 1 heterocycles. The van der Waals surface area contributed by atoms with Crippen LogP contribution in [0.25, 0.3) is 0 Å². The van der Waals surface area contributed by atoms with E-state index in [4.69, 9.17) is 9.47 Å². The molecule has 0 aliphatic carbocycles. The highest BCUT2D eigenvalue weighted by Crippen LogP contribution is 2.22. The van der Waals surface area contributed by atoms with Gasteiger partial charge in [0.2, 0.25) is 0 Å². The van der Waals surface area contributed by atoms with Crippen LogP contribution in [0.1, 0.15) is 5.56 Å². The molecule has 6 heteroatoms. The van der Waals surface area contributed by atoms with Crippen LogP contribution >= 0.6 is 15.9 Å². The van der Waals surface area contributed by atoms with Crippen molar-refractivity contribution < 1.29 is 14.3 Å². The minimum atomic E-state index is -0.410. The molecule has 1 atom stereocenters. The predicted octanol–water partition coefficient (Wildman–Crippen LogP) is 1.06. The van der Waals surface area contributed by atoms with E-state index in [9.17, 15) is 4.79 Å². The second-order valence-electron chi connectivity index (χ2n) is 4.24. The van der Waals surface area contributed by atoms with Gasteiger partial charge < -0.3 is 20.1 Å². The van der Waals surface area contributed by atoms with E-state index >= 15 is 0 Å². The number of hydrogen-bond acceptors (Lipinski definition) is 4. The highest BCUT2D eigenvalue weighted by Gasteiger charge is 2.21. The summed E-state index contributed by atoms with van der Waals surface area (Å²) < 4.78 is 11.6. The van der Waals surface area contributed by atoms with E-state index < -0.39 is 6.10 Å². The molecular weight excluding hydrogens is 312 g/mol. The van der Waals surface area contributed by atoms with Crippen LogP contribution in [0.3, 0.4) is 0 Å². The average molecular weight is 329 g/mol. The van der Waals surface area contributed by atoms with E-state index in [1.807, 2.05) is 18.2 Å². The van der Waals surface area contributed by atoms with Crippen molar-refractivity contribution in [3.8, 4) is 5.75 Å². The number of ether oxygens (including phenoxy) is 2. The number of carbonyl (C=O) groups is 1. The third-order valence-corrected chi connectivity index (χ3v) is 3.41. The molecule has 1 aromatic carbocycles. The van der Waals surface area contributed by atoms with Crippen molar-refractivity contribution in [3.05, 3.63) is 28.2 Å². The minimum absolute atomic E-state index is 0.103. The molecule has 1 saturated heterocycles. The number of halogens is 1. The van der Waals surface area contributed by atoms with E-state index in [-0.39, 0.29) is 5.91 Å². The van der Waals surface area contributed by atoms with Gasteiger partial charge in [0.05, 0.1) is 13.7 Å². The van der Waals surface area contributed by atoms with Gasteiger partial charge in [0.1, 0.15) is 11.9 Å². The Hall–Kier alpha value is -1.11. The molecule has 19 heavy (non-hydrogen) atoms. The van der Waals surface area contributed by atoms with Gasteiger partial charge in [-0.15, -0.1) is 0 Å². The van der Waals surface area contributed by atoms with Crippen molar-refractivity contribution in [3.63, 3.8) is 0 Å². The number of morpholine rings is 1. The SMILES string of the molecule is COc1ccc(Br)cc1CNC(=O)C1CNCCO1. The molecule has 0 radical (unpaired) electrons. The summed E-state index contributed by atoms with van der Waals surface area (Å²) >= 11 is 3.41. The smallest absolute Gasteiger partial charge is 0.250 e. The van der Waals surface area contributed by atoms with Crippen molar-refractivity contribution in [2.24, 2.45) is 0 Å². The molecule has 1 aromatic rings. The minimum Gasteiger partial charge on any atom is -0.496 e. The van der Waals surface area contributed by atoms with Crippen LogP contribution in [0.15, 0.2) is 22.7 Å². The lowest BCUT2D eigenvalue weighted by Gasteiger charge is -2.22. The standard InChI is InChI=1S/C13H17BrN2O3/c1-18-11-3-2-10(14)6-9(11)7-16-13(17)12-8-15-4-5-19-12/h2-3,6,12,15H,4-5,7-8H2,1H3,(H,16,17). The third kappa shape index (κ3) is 3.92. The highest BCUT2D eigenvalue weighted by molar-refractivity contribution is 9.10. The molecule has 0 bridgehead atoms. The molecule has 0 aromatic heterocycles. The molecule has 1 fully saturated rings. The molecule has 0 spiro atoms. The number of carbonyl (C=O) groups excluding carboxylic acids is 1. The zero-order valence-corrected chi connectivity index (χ0v) is 12.3. The first-order valence-electron chi connectivity index (χ1n) is 6.13. The maximum absolute atomic E-state index is 11.9. The van der Waals surface area contributed by atoms with Gasteiger partial charge >= 0.3 is 0 Å². The van der Waals surface area contributed by atoms with Crippen LogP contribution in [0.5, 0.6) is 5.75 Å². The zero-order chi connectivity index (χ0) is 13.7. The van der Waals surface area contributed by atoms with Crippen LogP contribution in [-0.4, -0.2) is 38.8 Å². The summed E-state index contributed by atoms with van der Waals surface area (Å²) in [7, 11) is 1.61. The van der Waals surface area contributed by atoms with E-state index in [0.29, 0.717) is 19.7 Å². The van der Waals surface area contributed by atoms with Gasteiger partial charge in [-0.25, -0.2) is 0 Å². The van der Waals surface area contributed by atoms with Crippen LogP contribution in [0, 0.1) is 0 Å². The Morgan fingerprint density at radius 3 is 3.16 bits per heavy atom. The van der Waals surface area contributed by atoms with Crippen molar-refractivity contribution in [2.45, 2.75) is 12.6 Å². The Morgan fingerprint density at radius 1 is 1.63 bits per heavy atom. The number of hydrogen-bond donors (Lipinski definition) is 2. The molecule has 0 saturated carbocycles. The van der Waals surface area contributed by atoms with Crippen LogP contribution in [-0.2, 0) is 16.1 Å². The van der Waals surface area contributed by atoms with Gasteiger partial charge in [0.25, 0.3) is 5.91 Å². The van der Waals surface area contributed by atoms with Crippen molar-refractivity contribution in [1.29, 1.82) is 0 Å². The summed E-state index contributed by atoms with van der Waals surface area (Å²) in [6.07, 6.45) is -0.410. The second kappa shape index (κ2) is 6.88. The number of benzene rings is 1. The molecule has 5 nitrogen and oxygen atoms in total. The molecule has 2 rings (SSSR count). The monoisotopic (exact) mass is 328 g/mol. The van der Waals surface area contributed by atoms with Gasteiger partial charge in [-0.3, -0.25) is 4.79 Å². The number of amides is 1. The summed E-state index contributed by atoms with van der Waals surface area (Å²) in [5.41, 5.74) is 0.925. The van der Waals surface area contributed by atoms with Crippen LogP contribution in [0.4, 0.5) is 0 Å². The third-order valence-electron chi connectivity index (χ3n) is 2.92. The van der Waals surface area contributed by atoms with Crippen LogP contribution < -0.4 is 15.4 Å². The van der Waals surface area contributed by atoms with Crippen molar-refractivity contribution >= 4 is 21.8 Å². The van der Waals surface area contributed by atoms with E-state index in [1.54, 1.807) is 7.11 Å². The fourth-order valence-corrected chi connectivity index (χ4v) is 2.32. The first-order valence-corrected chi connectivity index (χ1v) is 6.92. The van der Waals surface area contributed by atoms with E-state index in [1.165, 1.54) is 0 Å². The Bertz CT molecular complexity index is 448. The maximum Gasteiger partial charge on any atom is 0.250 e. The summed E-state index contributed by atoms with van der Waals surface area (Å²) in [5, 5.41) is 5.99. The summed E-state index contributed by atoms with van der Waals surface area (Å²) in [5.74, 6) is 0.653. The molecular formula is C13H17BrN2O3. The fraction of sp³-hybridized carbons (Fsp3) is 0.462. The predicted molar refractivity (Wildman–Crippen MR) is 75.2 cm³/mol. The summed E-state index contributed by atoms with van der Waals surface area (Å²) in [4.78, 5) is 11.9. The first kappa shape index (κ1) is 14.3. The topological polar surface area (TPSA) is 59.6 Å². The quantitative estimate of drug-likeness (QED) is 0.867. The van der Waals surface area contributed by atoms with Crippen molar-refractivity contribution in [1.82, 2.24) is 10.6 Å². The van der Waals surface area contributed by atoms with E-state index in [2.05, 4.69) is 26.6 Å². The molecule has 1 aliphatic rings. The Labute approximate surface area is 120 Å². The summed E-state index contributed by atoms with van der Waals surface area (Å²) in [6, 6.07) is 5.70. The lowest BCUT2D eigenvalue weighted by Crippen LogP contribution is -2.47. The number of methoxy groups -OCH3 is 1. The summed E-state index contributed by atoms with van der Waals surface area (Å²) in [6.45, 7) is 2.34. The highest BCUT2D eigenvalue weighted by atomic mass is 79.9.